The van der Waals surface area contributed by atoms with Crippen LogP contribution in [-0.4, -0.2) is 40.0 Å². The molecule has 0 heterocycles. The van der Waals surface area contributed by atoms with Crippen LogP contribution in [0.15, 0.2) is 29.2 Å². The minimum Gasteiger partial charge on any atom is -0.449 e. The average molecular weight is 314 g/mol. The van der Waals surface area contributed by atoms with E-state index in [2.05, 4.69) is 10.0 Å². The fourth-order valence-corrected chi connectivity index (χ4v) is 2.22. The van der Waals surface area contributed by atoms with E-state index in [1.165, 1.54) is 38.2 Å². The number of benzene rings is 1. The molecule has 2 N–H and O–H groups in total. The van der Waals surface area contributed by atoms with Crippen LogP contribution in [0.3, 0.4) is 0 Å². The van der Waals surface area contributed by atoms with Crippen molar-refractivity contribution in [3.8, 4) is 0 Å². The Kier molecular flexibility index (Phi) is 5.86. The van der Waals surface area contributed by atoms with Crippen LogP contribution in [0.5, 0.6) is 0 Å². The Morgan fingerprint density at radius 1 is 1.24 bits per heavy atom. The van der Waals surface area contributed by atoms with Gasteiger partial charge in [0, 0.05) is 6.54 Å². The van der Waals surface area contributed by atoms with E-state index in [-0.39, 0.29) is 16.4 Å². The number of nitrogens with one attached hydrogen (secondary N) is 2. The summed E-state index contributed by atoms with van der Waals surface area (Å²) >= 11 is 0. The van der Waals surface area contributed by atoms with E-state index in [0.29, 0.717) is 6.54 Å². The van der Waals surface area contributed by atoms with Crippen LogP contribution >= 0.6 is 0 Å². The van der Waals surface area contributed by atoms with E-state index in [0.717, 1.165) is 0 Å². The maximum absolute atomic E-state index is 11.8. The van der Waals surface area contributed by atoms with E-state index >= 15 is 0 Å². The maximum atomic E-state index is 11.8. The molecule has 0 spiro atoms. The van der Waals surface area contributed by atoms with Gasteiger partial charge < -0.3 is 10.1 Å². The summed E-state index contributed by atoms with van der Waals surface area (Å²) in [6.45, 7) is 3.66. The molecule has 0 aliphatic rings. The molecular weight excluding hydrogens is 296 g/mol. The summed E-state index contributed by atoms with van der Waals surface area (Å²) in [4.78, 5) is 23.3. The van der Waals surface area contributed by atoms with E-state index in [9.17, 15) is 18.0 Å². The van der Waals surface area contributed by atoms with Gasteiger partial charge in [0.15, 0.2) is 6.10 Å². The molecule has 116 valence electrons. The van der Waals surface area contributed by atoms with Crippen molar-refractivity contribution < 1.29 is 22.7 Å². The molecule has 0 radical (unpaired) electrons. The van der Waals surface area contributed by atoms with Gasteiger partial charge in [-0.2, -0.15) is 0 Å². The lowest BCUT2D eigenvalue weighted by Gasteiger charge is -2.12. The fraction of sp³-hybridized carbons (Fsp3) is 0.385. The molecule has 0 bridgehead atoms. The Morgan fingerprint density at radius 3 is 2.29 bits per heavy atom. The highest BCUT2D eigenvalue weighted by Gasteiger charge is 2.19. The van der Waals surface area contributed by atoms with Gasteiger partial charge >= 0.3 is 5.97 Å². The lowest BCUT2D eigenvalue weighted by molar-refractivity contribution is -0.128. The Morgan fingerprint density at radius 2 is 1.81 bits per heavy atom. The first-order chi connectivity index (χ1) is 9.81. The van der Waals surface area contributed by atoms with Crippen molar-refractivity contribution in [2.45, 2.75) is 24.8 Å². The molecule has 0 saturated carbocycles. The molecule has 8 heteroatoms. The third-order valence-corrected chi connectivity index (χ3v) is 4.10. The van der Waals surface area contributed by atoms with E-state index < -0.39 is 22.1 Å². The molecule has 0 aliphatic heterocycles. The predicted molar refractivity (Wildman–Crippen MR) is 76.2 cm³/mol. The Labute approximate surface area is 123 Å². The molecule has 0 saturated heterocycles. The largest absolute Gasteiger partial charge is 0.449 e. The molecule has 7 nitrogen and oxygen atoms in total. The highest BCUT2D eigenvalue weighted by atomic mass is 32.2. The maximum Gasteiger partial charge on any atom is 0.338 e. The molecule has 1 rings (SSSR count). The SMILES string of the molecule is CCNC(=O)C(C)OC(=O)c1ccc(S(=O)(=O)NC)cc1. The summed E-state index contributed by atoms with van der Waals surface area (Å²) < 4.78 is 30.2. The van der Waals surface area contributed by atoms with Crippen molar-refractivity contribution in [3.05, 3.63) is 29.8 Å². The molecule has 0 fully saturated rings. The van der Waals surface area contributed by atoms with Gasteiger partial charge in [0.25, 0.3) is 5.91 Å². The fourth-order valence-electron chi connectivity index (χ4n) is 1.49. The first-order valence-corrected chi connectivity index (χ1v) is 7.82. The molecule has 1 aromatic rings. The zero-order valence-electron chi connectivity index (χ0n) is 12.0. The highest BCUT2D eigenvalue weighted by molar-refractivity contribution is 7.89. The van der Waals surface area contributed by atoms with Gasteiger partial charge in [-0.15, -0.1) is 0 Å². The monoisotopic (exact) mass is 314 g/mol. The third kappa shape index (κ3) is 4.54. The van der Waals surface area contributed by atoms with Gasteiger partial charge in [-0.05, 0) is 45.2 Å². The zero-order chi connectivity index (χ0) is 16.0. The number of esters is 1. The summed E-state index contributed by atoms with van der Waals surface area (Å²) in [6.07, 6.45) is -0.918. The first kappa shape index (κ1) is 17.1. The van der Waals surface area contributed by atoms with E-state index in [1.807, 2.05) is 0 Å². The minimum absolute atomic E-state index is 0.0401. The van der Waals surface area contributed by atoms with Crippen LogP contribution in [0.4, 0.5) is 0 Å². The van der Waals surface area contributed by atoms with Gasteiger partial charge in [-0.1, -0.05) is 0 Å². The number of amides is 1. The number of sulfonamides is 1. The second-order valence-corrected chi connectivity index (χ2v) is 6.06. The van der Waals surface area contributed by atoms with E-state index in [4.69, 9.17) is 4.74 Å². The molecule has 0 aromatic heterocycles. The van der Waals surface area contributed by atoms with Gasteiger partial charge in [-0.25, -0.2) is 17.9 Å². The van der Waals surface area contributed by atoms with Gasteiger partial charge in [0.05, 0.1) is 10.5 Å². The molecular formula is C13H18N2O5S. The first-order valence-electron chi connectivity index (χ1n) is 6.34. The van der Waals surface area contributed by atoms with Crippen LogP contribution in [-0.2, 0) is 19.6 Å². The van der Waals surface area contributed by atoms with Crippen molar-refractivity contribution in [2.24, 2.45) is 0 Å². The smallest absolute Gasteiger partial charge is 0.338 e. The van der Waals surface area contributed by atoms with Crippen molar-refractivity contribution in [2.75, 3.05) is 13.6 Å². The van der Waals surface area contributed by atoms with Crippen LogP contribution in [0.2, 0.25) is 0 Å². The topological polar surface area (TPSA) is 102 Å². The van der Waals surface area contributed by atoms with Crippen LogP contribution in [0.25, 0.3) is 0 Å². The molecule has 21 heavy (non-hydrogen) atoms. The Balaban J connectivity index is 2.79. The molecule has 1 amide bonds. The number of rotatable bonds is 6. The average Bonchev–Trinajstić information content (AvgIpc) is 2.47. The van der Waals surface area contributed by atoms with Gasteiger partial charge in [0.2, 0.25) is 10.0 Å². The van der Waals surface area contributed by atoms with E-state index in [1.54, 1.807) is 6.92 Å². The van der Waals surface area contributed by atoms with Gasteiger partial charge in [0.1, 0.15) is 0 Å². The summed E-state index contributed by atoms with van der Waals surface area (Å²) in [7, 11) is -2.25. The standard InChI is InChI=1S/C13H18N2O5S/c1-4-15-12(16)9(2)20-13(17)10-5-7-11(8-6-10)21(18,19)14-3/h5-9,14H,4H2,1-3H3,(H,15,16). The second kappa shape index (κ2) is 7.19. The normalized spacial score (nSPS) is 12.5. The number of ether oxygens (including phenoxy) is 1. The number of likely N-dealkylation sites (N-methyl/N-ethyl adjacent to an activating group) is 1. The number of hydrogen-bond acceptors (Lipinski definition) is 5. The lowest BCUT2D eigenvalue weighted by atomic mass is 10.2. The van der Waals surface area contributed by atoms with Crippen LogP contribution in [0, 0.1) is 0 Å². The third-order valence-electron chi connectivity index (χ3n) is 2.67. The molecule has 0 aliphatic carbocycles. The quantitative estimate of drug-likeness (QED) is 0.734. The summed E-state index contributed by atoms with van der Waals surface area (Å²) in [5, 5.41) is 2.53. The molecule has 1 atom stereocenters. The molecule has 1 aromatic carbocycles. The summed E-state index contributed by atoms with van der Waals surface area (Å²) in [5.41, 5.74) is 0.168. The van der Waals surface area contributed by atoms with Crippen molar-refractivity contribution in [1.29, 1.82) is 0 Å². The summed E-state index contributed by atoms with van der Waals surface area (Å²) in [5.74, 6) is -1.08. The van der Waals surface area contributed by atoms with Crippen molar-refractivity contribution in [1.82, 2.24) is 10.0 Å². The minimum atomic E-state index is -3.55. The highest BCUT2D eigenvalue weighted by Crippen LogP contribution is 2.11. The second-order valence-electron chi connectivity index (χ2n) is 4.17. The number of carbonyl (C=O) groups is 2. The Bertz CT molecular complexity index is 610. The van der Waals surface area contributed by atoms with Crippen molar-refractivity contribution in [3.63, 3.8) is 0 Å². The predicted octanol–water partition coefficient (Wildman–Crippen LogP) is 0.276. The van der Waals surface area contributed by atoms with Crippen molar-refractivity contribution >= 4 is 21.9 Å². The Hall–Kier alpha value is -1.93. The number of hydrogen-bond donors (Lipinski definition) is 2. The van der Waals surface area contributed by atoms with Crippen LogP contribution < -0.4 is 10.0 Å². The van der Waals surface area contributed by atoms with Gasteiger partial charge in [-0.3, -0.25) is 4.79 Å². The number of carbonyl (C=O) groups excluding carboxylic acids is 2. The summed E-state index contributed by atoms with van der Waals surface area (Å²) in [6, 6.07) is 5.24. The van der Waals surface area contributed by atoms with Crippen LogP contribution in [0.1, 0.15) is 24.2 Å². The molecule has 1 unspecified atom stereocenters. The zero-order valence-corrected chi connectivity index (χ0v) is 12.9. The lowest BCUT2D eigenvalue weighted by Crippen LogP contribution is -2.35.